The Bertz CT molecular complexity index is 535. The van der Waals surface area contributed by atoms with E-state index in [2.05, 4.69) is 10.6 Å². The fourth-order valence-electron chi connectivity index (χ4n) is 3.02. The van der Waals surface area contributed by atoms with Crippen molar-refractivity contribution in [3.63, 3.8) is 0 Å². The van der Waals surface area contributed by atoms with Crippen molar-refractivity contribution in [2.75, 3.05) is 26.2 Å². The predicted molar refractivity (Wildman–Crippen MR) is 95.4 cm³/mol. The lowest BCUT2D eigenvalue weighted by atomic mass is 10.1. The molecule has 2 saturated heterocycles. The molecule has 2 atom stereocenters. The summed E-state index contributed by atoms with van der Waals surface area (Å²) in [5.74, 6) is -0.0822. The molecule has 2 aliphatic heterocycles. The quantitative estimate of drug-likeness (QED) is 0.785. The zero-order valence-corrected chi connectivity index (χ0v) is 15.2. The van der Waals surface area contributed by atoms with Gasteiger partial charge in [-0.2, -0.15) is 0 Å². The Morgan fingerprint density at radius 3 is 3.08 bits per heavy atom. The molecule has 1 aromatic heterocycles. The van der Waals surface area contributed by atoms with E-state index in [-0.39, 0.29) is 36.7 Å². The molecule has 6 nitrogen and oxygen atoms in total. The first-order chi connectivity index (χ1) is 11.2. The number of carbonyl (C=O) groups is 2. The third kappa shape index (κ3) is 5.17. The Kier molecular flexibility index (Phi) is 7.48. The molecule has 0 spiro atoms. The molecule has 0 saturated carbocycles. The van der Waals surface area contributed by atoms with Gasteiger partial charge in [0.2, 0.25) is 11.8 Å². The van der Waals surface area contributed by atoms with Crippen molar-refractivity contribution >= 4 is 35.6 Å². The van der Waals surface area contributed by atoms with E-state index in [0.29, 0.717) is 19.6 Å². The number of carbonyl (C=O) groups excluding carboxylic acids is 2. The van der Waals surface area contributed by atoms with Gasteiger partial charge in [-0.3, -0.25) is 9.59 Å². The first-order valence-corrected chi connectivity index (χ1v) is 9.03. The number of nitrogens with one attached hydrogen (secondary N) is 2. The van der Waals surface area contributed by atoms with Gasteiger partial charge in [-0.15, -0.1) is 23.7 Å². The summed E-state index contributed by atoms with van der Waals surface area (Å²) in [6.45, 7) is 3.37. The van der Waals surface area contributed by atoms with Crippen molar-refractivity contribution in [1.82, 2.24) is 15.5 Å². The van der Waals surface area contributed by atoms with Crippen LogP contribution in [0.5, 0.6) is 0 Å². The average molecular weight is 374 g/mol. The normalized spacial score (nSPS) is 23.8. The summed E-state index contributed by atoms with van der Waals surface area (Å²) in [6.07, 6.45) is 2.43. The van der Waals surface area contributed by atoms with E-state index in [1.807, 2.05) is 22.4 Å². The van der Waals surface area contributed by atoms with E-state index >= 15 is 0 Å². The molecule has 1 aromatic rings. The molecule has 0 aromatic carbocycles. The predicted octanol–water partition coefficient (Wildman–Crippen LogP) is 1.16. The molecule has 3 rings (SSSR count). The maximum atomic E-state index is 12.5. The molecule has 2 unspecified atom stereocenters. The highest BCUT2D eigenvalue weighted by molar-refractivity contribution is 7.09. The fourth-order valence-corrected chi connectivity index (χ4v) is 3.67. The van der Waals surface area contributed by atoms with Crippen molar-refractivity contribution in [2.24, 2.45) is 0 Å². The van der Waals surface area contributed by atoms with Gasteiger partial charge in [-0.25, -0.2) is 0 Å². The van der Waals surface area contributed by atoms with Crippen LogP contribution in [0.4, 0.5) is 0 Å². The molecule has 0 radical (unpaired) electrons. The summed E-state index contributed by atoms with van der Waals surface area (Å²) in [6, 6.07) is 3.52. The number of rotatable bonds is 6. The summed E-state index contributed by atoms with van der Waals surface area (Å²) in [5, 5.41) is 8.02. The average Bonchev–Trinajstić information content (AvgIpc) is 3.23. The highest BCUT2D eigenvalue weighted by atomic mass is 35.5. The van der Waals surface area contributed by atoms with Crippen LogP contribution in [0, 0.1) is 0 Å². The number of hydrogen-bond donors (Lipinski definition) is 2. The fraction of sp³-hybridized carbons (Fsp3) is 0.625. The number of halogens is 1. The van der Waals surface area contributed by atoms with Crippen molar-refractivity contribution in [3.8, 4) is 0 Å². The van der Waals surface area contributed by atoms with Gasteiger partial charge in [-0.05, 0) is 24.3 Å². The number of thiophene rings is 1. The van der Waals surface area contributed by atoms with Gasteiger partial charge in [0, 0.05) is 31.1 Å². The van der Waals surface area contributed by atoms with Crippen LogP contribution in [0.25, 0.3) is 0 Å². The topological polar surface area (TPSA) is 70.7 Å². The Morgan fingerprint density at radius 1 is 1.50 bits per heavy atom. The van der Waals surface area contributed by atoms with Crippen LogP contribution >= 0.6 is 23.7 Å². The molecule has 2 amide bonds. The molecule has 3 heterocycles. The molecule has 0 aliphatic carbocycles. The molecule has 2 N–H and O–H groups in total. The van der Waals surface area contributed by atoms with E-state index in [4.69, 9.17) is 4.74 Å². The van der Waals surface area contributed by atoms with Gasteiger partial charge in [0.25, 0.3) is 0 Å². The van der Waals surface area contributed by atoms with Gasteiger partial charge in [-0.1, -0.05) is 6.07 Å². The highest BCUT2D eigenvalue weighted by Crippen LogP contribution is 2.15. The van der Waals surface area contributed by atoms with Crippen molar-refractivity contribution in [1.29, 1.82) is 0 Å². The maximum Gasteiger partial charge on any atom is 0.240 e. The molecule has 2 fully saturated rings. The minimum absolute atomic E-state index is 0. The lowest BCUT2D eigenvalue weighted by molar-refractivity contribution is -0.139. The Balaban J connectivity index is 0.00000208. The SMILES string of the molecule is Cl.O=C(CC1NCCN(CC2CCCO2)C1=O)NCc1cccs1. The van der Waals surface area contributed by atoms with E-state index in [1.54, 1.807) is 11.3 Å². The molecular formula is C16H24ClN3O3S. The Morgan fingerprint density at radius 2 is 2.38 bits per heavy atom. The maximum absolute atomic E-state index is 12.5. The van der Waals surface area contributed by atoms with Crippen LogP contribution in [-0.2, 0) is 20.9 Å². The minimum Gasteiger partial charge on any atom is -0.376 e. The first kappa shape index (κ1) is 19.2. The first-order valence-electron chi connectivity index (χ1n) is 8.15. The standard InChI is InChI=1S/C16H23N3O3S.ClH/c20-15(18-10-13-4-2-8-23-13)9-14-16(21)19(6-5-17-14)11-12-3-1-7-22-12;/h2,4,8,12,14,17H,1,3,5-7,9-11H2,(H,18,20);1H. The summed E-state index contributed by atoms with van der Waals surface area (Å²) in [4.78, 5) is 27.5. The van der Waals surface area contributed by atoms with Crippen LogP contribution < -0.4 is 10.6 Å². The van der Waals surface area contributed by atoms with Crippen LogP contribution in [0.15, 0.2) is 17.5 Å². The van der Waals surface area contributed by atoms with Gasteiger partial charge in [0.05, 0.1) is 25.1 Å². The number of hydrogen-bond acceptors (Lipinski definition) is 5. The summed E-state index contributed by atoms with van der Waals surface area (Å²) in [7, 11) is 0. The van der Waals surface area contributed by atoms with E-state index < -0.39 is 6.04 Å². The summed E-state index contributed by atoms with van der Waals surface area (Å²) < 4.78 is 5.61. The van der Waals surface area contributed by atoms with Crippen molar-refractivity contribution in [3.05, 3.63) is 22.4 Å². The molecular weight excluding hydrogens is 350 g/mol. The van der Waals surface area contributed by atoms with Gasteiger partial charge >= 0.3 is 0 Å². The number of ether oxygens (including phenoxy) is 1. The Hall–Kier alpha value is -1.15. The minimum atomic E-state index is -0.423. The largest absolute Gasteiger partial charge is 0.376 e. The van der Waals surface area contributed by atoms with Crippen LogP contribution in [-0.4, -0.2) is 55.1 Å². The van der Waals surface area contributed by atoms with Gasteiger partial charge < -0.3 is 20.3 Å². The number of amides is 2. The lowest BCUT2D eigenvalue weighted by Crippen LogP contribution is -2.57. The Labute approximate surface area is 152 Å². The molecule has 0 bridgehead atoms. The van der Waals surface area contributed by atoms with Crippen molar-refractivity contribution in [2.45, 2.75) is 38.0 Å². The smallest absolute Gasteiger partial charge is 0.240 e. The zero-order valence-electron chi connectivity index (χ0n) is 13.5. The van der Waals surface area contributed by atoms with Crippen molar-refractivity contribution < 1.29 is 14.3 Å². The second-order valence-corrected chi connectivity index (χ2v) is 7.02. The van der Waals surface area contributed by atoms with E-state index in [0.717, 1.165) is 30.9 Å². The van der Waals surface area contributed by atoms with Crippen LogP contribution in [0.1, 0.15) is 24.1 Å². The summed E-state index contributed by atoms with van der Waals surface area (Å²) in [5.41, 5.74) is 0. The number of piperazine rings is 1. The third-order valence-corrected chi connectivity index (χ3v) is 5.14. The lowest BCUT2D eigenvalue weighted by Gasteiger charge is -2.34. The molecule has 2 aliphatic rings. The van der Waals surface area contributed by atoms with Gasteiger partial charge in [0.15, 0.2) is 0 Å². The monoisotopic (exact) mass is 373 g/mol. The summed E-state index contributed by atoms with van der Waals surface area (Å²) >= 11 is 1.61. The van der Waals surface area contributed by atoms with Crippen LogP contribution in [0.3, 0.4) is 0 Å². The molecule has 134 valence electrons. The van der Waals surface area contributed by atoms with E-state index in [1.165, 1.54) is 0 Å². The highest BCUT2D eigenvalue weighted by Gasteiger charge is 2.32. The molecule has 8 heteroatoms. The third-order valence-electron chi connectivity index (χ3n) is 4.26. The second-order valence-electron chi connectivity index (χ2n) is 5.99. The van der Waals surface area contributed by atoms with Crippen LogP contribution in [0.2, 0.25) is 0 Å². The zero-order chi connectivity index (χ0) is 16.1. The number of nitrogens with zero attached hydrogens (tertiary/aromatic N) is 1. The van der Waals surface area contributed by atoms with Gasteiger partial charge in [0.1, 0.15) is 0 Å². The van der Waals surface area contributed by atoms with E-state index in [9.17, 15) is 9.59 Å². The molecule has 24 heavy (non-hydrogen) atoms. The second kappa shape index (κ2) is 9.36.